The van der Waals surface area contributed by atoms with E-state index in [0.717, 1.165) is 45.2 Å². The van der Waals surface area contributed by atoms with Crippen molar-refractivity contribution in [1.82, 2.24) is 4.90 Å². The van der Waals surface area contributed by atoms with Crippen LogP contribution in [0.3, 0.4) is 0 Å². The maximum absolute atomic E-state index is 6.15. The standard InChI is InChI=1S/C15H36N4/c1-5-14(6-2,12-17)19(11-9-10-16)15(7-3,8-4)13-18/h5-13,16-18H2,1-4H3. The van der Waals surface area contributed by atoms with Crippen LogP contribution in [-0.2, 0) is 0 Å². The third-order valence-corrected chi connectivity index (χ3v) is 5.12. The van der Waals surface area contributed by atoms with Gasteiger partial charge in [-0.3, -0.25) is 4.90 Å². The second-order valence-corrected chi connectivity index (χ2v) is 5.57. The van der Waals surface area contributed by atoms with E-state index < -0.39 is 0 Å². The zero-order valence-electron chi connectivity index (χ0n) is 13.5. The van der Waals surface area contributed by atoms with E-state index >= 15 is 0 Å². The molecule has 0 saturated carbocycles. The molecule has 0 heterocycles. The fourth-order valence-corrected chi connectivity index (χ4v) is 3.29. The van der Waals surface area contributed by atoms with Crippen LogP contribution in [0.15, 0.2) is 0 Å². The zero-order valence-corrected chi connectivity index (χ0v) is 13.5. The van der Waals surface area contributed by atoms with Crippen LogP contribution in [0, 0.1) is 0 Å². The highest BCUT2D eigenvalue weighted by Crippen LogP contribution is 2.34. The fraction of sp³-hybridized carbons (Fsp3) is 1.00. The molecule has 4 heteroatoms. The quantitative estimate of drug-likeness (QED) is 0.534. The first kappa shape index (κ1) is 18.8. The first-order valence-corrected chi connectivity index (χ1v) is 7.94. The van der Waals surface area contributed by atoms with Gasteiger partial charge in [-0.25, -0.2) is 0 Å². The molecule has 19 heavy (non-hydrogen) atoms. The van der Waals surface area contributed by atoms with Gasteiger partial charge in [-0.1, -0.05) is 27.7 Å². The molecule has 0 atom stereocenters. The molecule has 0 rings (SSSR count). The van der Waals surface area contributed by atoms with Gasteiger partial charge in [0.25, 0.3) is 0 Å². The van der Waals surface area contributed by atoms with Gasteiger partial charge >= 0.3 is 0 Å². The molecule has 0 bridgehead atoms. The number of nitrogens with zero attached hydrogens (tertiary/aromatic N) is 1. The van der Waals surface area contributed by atoms with Gasteiger partial charge in [-0.2, -0.15) is 0 Å². The Bertz CT molecular complexity index is 186. The van der Waals surface area contributed by atoms with E-state index in [1.807, 2.05) is 0 Å². The monoisotopic (exact) mass is 272 g/mol. The molecule has 0 saturated heterocycles. The lowest BCUT2D eigenvalue weighted by molar-refractivity contribution is -0.0263. The average molecular weight is 272 g/mol. The molecule has 0 aliphatic rings. The minimum absolute atomic E-state index is 0.0561. The Morgan fingerprint density at radius 3 is 1.32 bits per heavy atom. The van der Waals surface area contributed by atoms with Gasteiger partial charge in [0.2, 0.25) is 0 Å². The first-order chi connectivity index (χ1) is 9.06. The third-order valence-electron chi connectivity index (χ3n) is 5.12. The SMILES string of the molecule is CCC(CC)(CN)N(CCCN)C(CC)(CC)CN. The Labute approximate surface area is 120 Å². The van der Waals surface area contributed by atoms with E-state index in [4.69, 9.17) is 17.2 Å². The van der Waals surface area contributed by atoms with Crippen molar-refractivity contribution in [3.8, 4) is 0 Å². The molecule has 0 fully saturated rings. The van der Waals surface area contributed by atoms with Crippen molar-refractivity contribution in [2.75, 3.05) is 26.2 Å². The van der Waals surface area contributed by atoms with Crippen LogP contribution in [0.2, 0.25) is 0 Å². The Morgan fingerprint density at radius 1 is 0.737 bits per heavy atom. The summed E-state index contributed by atoms with van der Waals surface area (Å²) >= 11 is 0. The molecule has 0 aromatic heterocycles. The average Bonchev–Trinajstić information content (AvgIpc) is 2.48. The normalized spacial score (nSPS) is 13.3. The first-order valence-electron chi connectivity index (χ1n) is 7.94. The summed E-state index contributed by atoms with van der Waals surface area (Å²) in [5.74, 6) is 0. The summed E-state index contributed by atoms with van der Waals surface area (Å²) in [5.41, 5.74) is 18.1. The zero-order chi connectivity index (χ0) is 14.9. The highest BCUT2D eigenvalue weighted by Gasteiger charge is 2.43. The highest BCUT2D eigenvalue weighted by atomic mass is 15.3. The van der Waals surface area contributed by atoms with Gasteiger partial charge in [0.05, 0.1) is 0 Å². The third kappa shape index (κ3) is 3.91. The highest BCUT2D eigenvalue weighted by molar-refractivity contribution is 5.01. The van der Waals surface area contributed by atoms with Crippen molar-refractivity contribution in [1.29, 1.82) is 0 Å². The second-order valence-electron chi connectivity index (χ2n) is 5.57. The van der Waals surface area contributed by atoms with E-state index in [-0.39, 0.29) is 11.1 Å². The predicted octanol–water partition coefficient (Wildman–Crippen LogP) is 1.67. The van der Waals surface area contributed by atoms with Crippen molar-refractivity contribution in [2.24, 2.45) is 17.2 Å². The van der Waals surface area contributed by atoms with E-state index in [0.29, 0.717) is 13.1 Å². The number of hydrogen-bond donors (Lipinski definition) is 3. The fourth-order valence-electron chi connectivity index (χ4n) is 3.29. The molecule has 0 radical (unpaired) electrons. The molecular weight excluding hydrogens is 236 g/mol. The second kappa shape index (κ2) is 8.90. The Morgan fingerprint density at radius 2 is 1.11 bits per heavy atom. The van der Waals surface area contributed by atoms with Crippen molar-refractivity contribution in [3.05, 3.63) is 0 Å². The lowest BCUT2D eigenvalue weighted by atomic mass is 9.81. The van der Waals surface area contributed by atoms with Crippen LogP contribution < -0.4 is 17.2 Å². The maximum atomic E-state index is 6.15. The molecule has 116 valence electrons. The van der Waals surface area contributed by atoms with Crippen LogP contribution in [0.25, 0.3) is 0 Å². The summed E-state index contributed by atoms with van der Waals surface area (Å²) in [6.07, 6.45) is 5.25. The molecule has 0 aliphatic heterocycles. The van der Waals surface area contributed by atoms with Crippen LogP contribution >= 0.6 is 0 Å². The van der Waals surface area contributed by atoms with Crippen LogP contribution in [-0.4, -0.2) is 42.2 Å². The van der Waals surface area contributed by atoms with E-state index in [9.17, 15) is 0 Å². The van der Waals surface area contributed by atoms with E-state index in [2.05, 4.69) is 32.6 Å². The summed E-state index contributed by atoms with van der Waals surface area (Å²) in [5, 5.41) is 0. The van der Waals surface area contributed by atoms with E-state index in [1.165, 1.54) is 0 Å². The van der Waals surface area contributed by atoms with E-state index in [1.54, 1.807) is 0 Å². The van der Waals surface area contributed by atoms with Crippen molar-refractivity contribution >= 4 is 0 Å². The topological polar surface area (TPSA) is 81.3 Å². The Kier molecular flexibility index (Phi) is 8.83. The molecule has 0 spiro atoms. The van der Waals surface area contributed by atoms with Crippen molar-refractivity contribution in [2.45, 2.75) is 70.9 Å². The largest absolute Gasteiger partial charge is 0.330 e. The van der Waals surface area contributed by atoms with Gasteiger partial charge in [0.15, 0.2) is 0 Å². The molecule has 0 aromatic rings. The molecule has 0 aromatic carbocycles. The van der Waals surface area contributed by atoms with Crippen LogP contribution in [0.1, 0.15) is 59.8 Å². The number of nitrogens with two attached hydrogens (primary N) is 3. The van der Waals surface area contributed by atoms with Crippen LogP contribution in [0.5, 0.6) is 0 Å². The summed E-state index contributed by atoms with van der Waals surface area (Å²) in [6.45, 7) is 12.0. The maximum Gasteiger partial charge on any atom is 0.0332 e. The summed E-state index contributed by atoms with van der Waals surface area (Å²) < 4.78 is 0. The summed E-state index contributed by atoms with van der Waals surface area (Å²) in [6, 6.07) is 0. The Balaban J connectivity index is 5.49. The molecule has 4 nitrogen and oxygen atoms in total. The van der Waals surface area contributed by atoms with Gasteiger partial charge in [-0.15, -0.1) is 0 Å². The van der Waals surface area contributed by atoms with Crippen molar-refractivity contribution < 1.29 is 0 Å². The van der Waals surface area contributed by atoms with Gasteiger partial charge < -0.3 is 17.2 Å². The smallest absolute Gasteiger partial charge is 0.0332 e. The summed E-state index contributed by atoms with van der Waals surface area (Å²) in [7, 11) is 0. The minimum atomic E-state index is 0.0561. The Hall–Kier alpha value is -0.160. The molecule has 0 amide bonds. The van der Waals surface area contributed by atoms with Gasteiger partial charge in [0, 0.05) is 30.7 Å². The molecule has 0 unspecified atom stereocenters. The molecule has 6 N–H and O–H groups in total. The van der Waals surface area contributed by atoms with Gasteiger partial charge in [-0.05, 0) is 38.6 Å². The lowest BCUT2D eigenvalue weighted by Crippen LogP contribution is -2.65. The van der Waals surface area contributed by atoms with Crippen LogP contribution in [0.4, 0.5) is 0 Å². The molecular formula is C15H36N4. The van der Waals surface area contributed by atoms with Crippen molar-refractivity contribution in [3.63, 3.8) is 0 Å². The molecule has 0 aliphatic carbocycles. The lowest BCUT2D eigenvalue weighted by Gasteiger charge is -2.53. The predicted molar refractivity (Wildman–Crippen MR) is 85.1 cm³/mol. The minimum Gasteiger partial charge on any atom is -0.330 e. The summed E-state index contributed by atoms with van der Waals surface area (Å²) in [4.78, 5) is 2.59. The number of hydrogen-bond acceptors (Lipinski definition) is 4. The number of rotatable bonds is 11. The van der Waals surface area contributed by atoms with Gasteiger partial charge in [0.1, 0.15) is 0 Å².